The molecule has 0 aromatic heterocycles. The molecule has 2 aromatic rings. The molecule has 0 amide bonds. The first-order valence-corrected chi connectivity index (χ1v) is 8.04. The van der Waals surface area contributed by atoms with Gasteiger partial charge < -0.3 is 14.8 Å². The van der Waals surface area contributed by atoms with E-state index in [1.807, 2.05) is 30.4 Å². The number of hydrogen-bond donors (Lipinski definition) is 1. The van der Waals surface area contributed by atoms with Crippen LogP contribution in [0.2, 0.25) is 0 Å². The first-order chi connectivity index (χ1) is 11.8. The van der Waals surface area contributed by atoms with E-state index in [2.05, 4.69) is 0 Å². The summed E-state index contributed by atoms with van der Waals surface area (Å²) in [6.45, 7) is 2.54. The maximum atomic E-state index is 12.8. The van der Waals surface area contributed by atoms with Crippen molar-refractivity contribution >= 4 is 0 Å². The minimum absolute atomic E-state index is 0.215. The van der Waals surface area contributed by atoms with Crippen LogP contribution in [-0.2, 0) is 19.1 Å². The Hall–Kier alpha value is -2.21. The minimum Gasteiger partial charge on any atom is -0.493 e. The zero-order valence-electron chi connectivity index (χ0n) is 14.6. The van der Waals surface area contributed by atoms with Crippen molar-refractivity contribution in [3.8, 4) is 11.5 Å². The number of hydrogen-bond acceptors (Lipinski definition) is 2. The topological polar surface area (TPSA) is 35.1 Å². The normalized spacial score (nSPS) is 12.7. The molecule has 6 heteroatoms. The molecule has 0 fully saturated rings. The lowest BCUT2D eigenvalue weighted by Gasteiger charge is -2.14. The Morgan fingerprint density at radius 1 is 0.960 bits per heavy atom. The molecular weight excluding hydrogens is 331 g/mol. The van der Waals surface area contributed by atoms with E-state index in [0.29, 0.717) is 23.6 Å². The fraction of sp³-hybridized carbons (Fsp3) is 0.368. The van der Waals surface area contributed by atoms with Crippen LogP contribution in [0, 0.1) is 0 Å². The van der Waals surface area contributed by atoms with Crippen molar-refractivity contribution in [2.75, 3.05) is 14.2 Å². The summed E-state index contributed by atoms with van der Waals surface area (Å²) in [5.74, 6) is 1.34. The number of methoxy groups -OCH3 is 2. The summed E-state index contributed by atoms with van der Waals surface area (Å²) in [7, 11) is 3.17. The number of rotatable bonds is 7. The van der Waals surface area contributed by atoms with E-state index in [-0.39, 0.29) is 6.04 Å². The predicted octanol–water partition coefficient (Wildman–Crippen LogP) is 3.42. The van der Waals surface area contributed by atoms with Crippen molar-refractivity contribution in [3.63, 3.8) is 0 Å². The van der Waals surface area contributed by atoms with Gasteiger partial charge in [-0.2, -0.15) is 13.2 Å². The third-order valence-corrected chi connectivity index (χ3v) is 4.02. The molecule has 0 aliphatic heterocycles. The van der Waals surface area contributed by atoms with Gasteiger partial charge in [0.2, 0.25) is 0 Å². The highest BCUT2D eigenvalue weighted by Gasteiger charge is 2.30. The van der Waals surface area contributed by atoms with Gasteiger partial charge in [0.25, 0.3) is 0 Å². The van der Waals surface area contributed by atoms with Gasteiger partial charge in [-0.05, 0) is 36.8 Å². The molecule has 0 aliphatic rings. The molecule has 1 atom stereocenters. The van der Waals surface area contributed by atoms with Crippen LogP contribution in [0.3, 0.4) is 0 Å². The lowest BCUT2D eigenvalue weighted by Crippen LogP contribution is -2.88. The van der Waals surface area contributed by atoms with Crippen molar-refractivity contribution < 1.29 is 28.0 Å². The SMILES string of the molecule is COc1ccc(C[C@H](C)[NH2+]Cc2cccc(C(F)(F)F)c2)cc1OC. The van der Waals surface area contributed by atoms with Gasteiger partial charge in [0, 0.05) is 12.0 Å². The summed E-state index contributed by atoms with van der Waals surface area (Å²) < 4.78 is 48.8. The molecular formula is C19H23F3NO2+. The Labute approximate surface area is 145 Å². The zero-order chi connectivity index (χ0) is 18.4. The molecule has 2 aromatic carbocycles. The Morgan fingerprint density at radius 3 is 2.32 bits per heavy atom. The van der Waals surface area contributed by atoms with E-state index in [0.717, 1.165) is 18.1 Å². The average molecular weight is 354 g/mol. The van der Waals surface area contributed by atoms with Crippen LogP contribution in [-0.4, -0.2) is 20.3 Å². The summed E-state index contributed by atoms with van der Waals surface area (Å²) in [5, 5.41) is 2.03. The molecule has 3 nitrogen and oxygen atoms in total. The third-order valence-electron chi connectivity index (χ3n) is 4.02. The van der Waals surface area contributed by atoms with Crippen LogP contribution >= 0.6 is 0 Å². The molecule has 0 unspecified atom stereocenters. The van der Waals surface area contributed by atoms with E-state index in [4.69, 9.17) is 9.47 Å². The summed E-state index contributed by atoms with van der Waals surface area (Å²) in [6, 6.07) is 11.4. The van der Waals surface area contributed by atoms with Gasteiger partial charge in [-0.1, -0.05) is 18.2 Å². The molecule has 0 heterocycles. The number of benzene rings is 2. The van der Waals surface area contributed by atoms with Gasteiger partial charge in [0.05, 0.1) is 25.8 Å². The maximum Gasteiger partial charge on any atom is 0.416 e. The van der Waals surface area contributed by atoms with Gasteiger partial charge >= 0.3 is 6.18 Å². The van der Waals surface area contributed by atoms with Gasteiger partial charge in [-0.3, -0.25) is 0 Å². The Kier molecular flexibility index (Phi) is 6.31. The molecule has 0 spiro atoms. The Bertz CT molecular complexity index is 701. The second-order valence-electron chi connectivity index (χ2n) is 6.01. The first kappa shape index (κ1) is 19.1. The van der Waals surface area contributed by atoms with Gasteiger partial charge in [0.15, 0.2) is 11.5 Å². The van der Waals surface area contributed by atoms with Crippen LogP contribution in [0.1, 0.15) is 23.6 Å². The predicted molar refractivity (Wildman–Crippen MR) is 89.8 cm³/mol. The Morgan fingerprint density at radius 2 is 1.68 bits per heavy atom. The summed E-state index contributed by atoms with van der Waals surface area (Å²) in [6.07, 6.45) is -3.53. The number of ether oxygens (including phenoxy) is 2. The summed E-state index contributed by atoms with van der Waals surface area (Å²) >= 11 is 0. The van der Waals surface area contributed by atoms with Gasteiger partial charge in [-0.15, -0.1) is 0 Å². The highest BCUT2D eigenvalue weighted by Crippen LogP contribution is 2.29. The van der Waals surface area contributed by atoms with Crippen molar-refractivity contribution in [2.45, 2.75) is 32.1 Å². The number of quaternary nitrogens is 1. The first-order valence-electron chi connectivity index (χ1n) is 8.04. The molecule has 0 aliphatic carbocycles. The van der Waals surface area contributed by atoms with Crippen molar-refractivity contribution in [1.29, 1.82) is 0 Å². The van der Waals surface area contributed by atoms with Crippen LogP contribution in [0.4, 0.5) is 13.2 Å². The Balaban J connectivity index is 1.96. The average Bonchev–Trinajstić information content (AvgIpc) is 2.59. The van der Waals surface area contributed by atoms with Crippen LogP contribution in [0.5, 0.6) is 11.5 Å². The molecule has 0 saturated heterocycles. The molecule has 136 valence electrons. The van der Waals surface area contributed by atoms with Crippen LogP contribution < -0.4 is 14.8 Å². The van der Waals surface area contributed by atoms with Gasteiger partial charge in [-0.25, -0.2) is 0 Å². The fourth-order valence-corrected chi connectivity index (χ4v) is 2.67. The van der Waals surface area contributed by atoms with Crippen molar-refractivity contribution in [2.24, 2.45) is 0 Å². The number of nitrogens with two attached hydrogens (primary N) is 1. The van der Waals surface area contributed by atoms with Crippen molar-refractivity contribution in [1.82, 2.24) is 0 Å². The van der Waals surface area contributed by atoms with E-state index < -0.39 is 11.7 Å². The molecule has 2 N–H and O–H groups in total. The largest absolute Gasteiger partial charge is 0.493 e. The van der Waals surface area contributed by atoms with E-state index >= 15 is 0 Å². The third kappa shape index (κ3) is 5.39. The molecule has 25 heavy (non-hydrogen) atoms. The standard InChI is InChI=1S/C19H22F3NO2/c1-13(9-14-7-8-17(24-2)18(11-14)25-3)23-12-15-5-4-6-16(10-15)19(20,21)22/h4-8,10-11,13,23H,9,12H2,1-3H3/p+1/t13-/m0/s1. The molecule has 0 saturated carbocycles. The summed E-state index contributed by atoms with van der Waals surface area (Å²) in [5.41, 5.74) is 1.14. The second kappa shape index (κ2) is 8.25. The highest BCUT2D eigenvalue weighted by molar-refractivity contribution is 5.43. The quantitative estimate of drug-likeness (QED) is 0.827. The minimum atomic E-state index is -4.30. The lowest BCUT2D eigenvalue weighted by molar-refractivity contribution is -0.701. The monoisotopic (exact) mass is 354 g/mol. The van der Waals surface area contributed by atoms with Gasteiger partial charge in [0.1, 0.15) is 6.54 Å². The molecule has 0 bridgehead atoms. The van der Waals surface area contributed by atoms with E-state index in [9.17, 15) is 13.2 Å². The molecule has 2 rings (SSSR count). The zero-order valence-corrected chi connectivity index (χ0v) is 14.6. The number of alkyl halides is 3. The van der Waals surface area contributed by atoms with Crippen molar-refractivity contribution in [3.05, 3.63) is 59.2 Å². The second-order valence-corrected chi connectivity index (χ2v) is 6.01. The number of halogens is 3. The maximum absolute atomic E-state index is 12.8. The highest BCUT2D eigenvalue weighted by atomic mass is 19.4. The van der Waals surface area contributed by atoms with E-state index in [1.54, 1.807) is 20.3 Å². The van der Waals surface area contributed by atoms with E-state index in [1.165, 1.54) is 12.1 Å². The van der Waals surface area contributed by atoms with Crippen LogP contribution in [0.15, 0.2) is 42.5 Å². The smallest absolute Gasteiger partial charge is 0.416 e. The fourth-order valence-electron chi connectivity index (χ4n) is 2.67. The summed E-state index contributed by atoms with van der Waals surface area (Å²) in [4.78, 5) is 0. The van der Waals surface area contributed by atoms with Crippen LogP contribution in [0.25, 0.3) is 0 Å². The molecule has 0 radical (unpaired) electrons. The lowest BCUT2D eigenvalue weighted by atomic mass is 10.1.